The number of nitrogens with one attached hydrogen (secondary N) is 1. The van der Waals surface area contributed by atoms with Gasteiger partial charge >= 0.3 is 0 Å². The van der Waals surface area contributed by atoms with Crippen molar-refractivity contribution in [3.8, 4) is 0 Å². The molecule has 0 unspecified atom stereocenters. The monoisotopic (exact) mass is 320 g/mol. The molecule has 1 aromatic rings. The molecule has 1 N–H and O–H groups in total. The molecule has 0 saturated carbocycles. The highest BCUT2D eigenvalue weighted by atomic mass is 79.9. The van der Waals surface area contributed by atoms with Crippen molar-refractivity contribution in [2.45, 2.75) is 25.2 Å². The topological polar surface area (TPSA) is 76.1 Å². The van der Waals surface area contributed by atoms with Crippen molar-refractivity contribution in [3.05, 3.63) is 22.9 Å². The van der Waals surface area contributed by atoms with Gasteiger partial charge in [-0.25, -0.2) is 13.1 Å². The van der Waals surface area contributed by atoms with Gasteiger partial charge in [0.15, 0.2) is 0 Å². The molecule has 1 amide bonds. The van der Waals surface area contributed by atoms with Crippen molar-refractivity contribution in [1.29, 1.82) is 0 Å². The molecule has 1 rings (SSSR count). The predicted octanol–water partition coefficient (Wildman–Crippen LogP) is 1.70. The lowest BCUT2D eigenvalue weighted by Gasteiger charge is -2.08. The summed E-state index contributed by atoms with van der Waals surface area (Å²) in [6, 6.07) is 1.39. The second kappa shape index (κ2) is 5.59. The number of sulfonamides is 1. The lowest BCUT2D eigenvalue weighted by atomic mass is 10.1. The van der Waals surface area contributed by atoms with Crippen LogP contribution in [-0.4, -0.2) is 19.3 Å². The van der Waals surface area contributed by atoms with E-state index >= 15 is 0 Å². The van der Waals surface area contributed by atoms with Gasteiger partial charge in [-0.1, -0.05) is 13.8 Å². The average Bonchev–Trinajstić information content (AvgIpc) is 2.15. The number of hydrogen-bond acceptors (Lipinski definition) is 4. The zero-order valence-electron chi connectivity index (χ0n) is 9.47. The molecule has 0 spiro atoms. The van der Waals surface area contributed by atoms with Crippen LogP contribution in [0.1, 0.15) is 20.3 Å². The Bertz CT molecular complexity index is 514. The first-order valence-corrected chi connectivity index (χ1v) is 7.25. The average molecular weight is 321 g/mol. The first-order chi connectivity index (χ1) is 7.81. The van der Waals surface area contributed by atoms with Gasteiger partial charge in [-0.15, -0.1) is 0 Å². The standard InChI is InChI=1S/C10H13BrN2O3S/c1-7(2)3-10(14)13-17(15,16)9-4-8(11)5-12-6-9/h4-7H,3H2,1-2H3,(H,13,14). The molecule has 94 valence electrons. The van der Waals surface area contributed by atoms with Crippen LogP contribution in [0.15, 0.2) is 27.8 Å². The SMILES string of the molecule is CC(C)CC(=O)NS(=O)(=O)c1cncc(Br)c1. The summed E-state index contributed by atoms with van der Waals surface area (Å²) in [6.45, 7) is 3.68. The number of amides is 1. The van der Waals surface area contributed by atoms with Crippen LogP contribution in [0.25, 0.3) is 0 Å². The fraction of sp³-hybridized carbons (Fsp3) is 0.400. The van der Waals surface area contributed by atoms with Crippen molar-refractivity contribution in [1.82, 2.24) is 9.71 Å². The van der Waals surface area contributed by atoms with Gasteiger partial charge in [0, 0.05) is 23.3 Å². The zero-order valence-corrected chi connectivity index (χ0v) is 11.9. The number of aromatic nitrogens is 1. The molecule has 0 aromatic carbocycles. The molecule has 1 aromatic heterocycles. The first-order valence-electron chi connectivity index (χ1n) is 4.97. The van der Waals surface area contributed by atoms with Crippen LogP contribution in [0.5, 0.6) is 0 Å². The summed E-state index contributed by atoms with van der Waals surface area (Å²) in [5.41, 5.74) is 0. The summed E-state index contributed by atoms with van der Waals surface area (Å²) in [5.74, 6) is -0.411. The van der Waals surface area contributed by atoms with Crippen LogP contribution < -0.4 is 4.72 Å². The molecule has 0 bridgehead atoms. The van der Waals surface area contributed by atoms with E-state index < -0.39 is 15.9 Å². The van der Waals surface area contributed by atoms with Gasteiger partial charge in [0.05, 0.1) is 0 Å². The lowest BCUT2D eigenvalue weighted by molar-refractivity contribution is -0.120. The highest BCUT2D eigenvalue weighted by Crippen LogP contribution is 2.14. The molecule has 0 aliphatic rings. The smallest absolute Gasteiger partial charge is 0.265 e. The quantitative estimate of drug-likeness (QED) is 0.916. The number of halogens is 1. The number of pyridine rings is 1. The van der Waals surface area contributed by atoms with E-state index in [0.717, 1.165) is 0 Å². The van der Waals surface area contributed by atoms with Crippen molar-refractivity contribution < 1.29 is 13.2 Å². The van der Waals surface area contributed by atoms with Gasteiger partial charge in [-0.2, -0.15) is 0 Å². The number of rotatable bonds is 4. The maximum absolute atomic E-state index is 11.8. The summed E-state index contributed by atoms with van der Waals surface area (Å²) in [6.07, 6.45) is 2.82. The van der Waals surface area contributed by atoms with Crippen LogP contribution >= 0.6 is 15.9 Å². The van der Waals surface area contributed by atoms with E-state index in [4.69, 9.17) is 0 Å². The van der Waals surface area contributed by atoms with E-state index in [0.29, 0.717) is 4.47 Å². The lowest BCUT2D eigenvalue weighted by Crippen LogP contribution is -2.31. The van der Waals surface area contributed by atoms with Crippen LogP contribution in [0.3, 0.4) is 0 Å². The summed E-state index contributed by atoms with van der Waals surface area (Å²) in [7, 11) is -3.82. The maximum Gasteiger partial charge on any atom is 0.265 e. The number of carbonyl (C=O) groups excluding carboxylic acids is 1. The van der Waals surface area contributed by atoms with Crippen molar-refractivity contribution in [3.63, 3.8) is 0 Å². The van der Waals surface area contributed by atoms with Crippen molar-refractivity contribution >= 4 is 31.9 Å². The van der Waals surface area contributed by atoms with Gasteiger partial charge < -0.3 is 0 Å². The molecular formula is C10H13BrN2O3S. The Kier molecular flexibility index (Phi) is 4.64. The van der Waals surface area contributed by atoms with E-state index in [1.807, 2.05) is 18.6 Å². The molecule has 0 aliphatic carbocycles. The van der Waals surface area contributed by atoms with E-state index in [2.05, 4.69) is 20.9 Å². The molecule has 0 radical (unpaired) electrons. The third-order valence-corrected chi connectivity index (χ3v) is 3.61. The molecular weight excluding hydrogens is 308 g/mol. The third-order valence-electron chi connectivity index (χ3n) is 1.83. The van der Waals surface area contributed by atoms with Gasteiger partial charge in [0.2, 0.25) is 5.91 Å². The fourth-order valence-electron chi connectivity index (χ4n) is 1.16. The summed E-state index contributed by atoms with van der Waals surface area (Å²) >= 11 is 3.12. The second-order valence-electron chi connectivity index (χ2n) is 3.97. The van der Waals surface area contributed by atoms with Crippen LogP contribution in [0.2, 0.25) is 0 Å². The van der Waals surface area contributed by atoms with Crippen molar-refractivity contribution in [2.75, 3.05) is 0 Å². The van der Waals surface area contributed by atoms with Gasteiger partial charge in [-0.05, 0) is 27.9 Å². The van der Waals surface area contributed by atoms with Crippen LogP contribution in [0.4, 0.5) is 0 Å². The number of hydrogen-bond donors (Lipinski definition) is 1. The normalized spacial score (nSPS) is 11.5. The maximum atomic E-state index is 11.8. The van der Waals surface area contributed by atoms with Crippen LogP contribution in [0, 0.1) is 5.92 Å². The predicted molar refractivity (Wildman–Crippen MR) is 66.7 cm³/mol. The molecule has 0 aliphatic heterocycles. The minimum Gasteiger partial charge on any atom is -0.274 e. The first kappa shape index (κ1) is 14.1. The van der Waals surface area contributed by atoms with Gasteiger partial charge in [-0.3, -0.25) is 9.78 Å². The van der Waals surface area contributed by atoms with Crippen molar-refractivity contribution in [2.24, 2.45) is 5.92 Å². The molecule has 0 atom stereocenters. The van der Waals surface area contributed by atoms with E-state index in [1.165, 1.54) is 18.5 Å². The minimum absolute atomic E-state index is 0.0380. The highest BCUT2D eigenvalue weighted by Gasteiger charge is 2.18. The summed E-state index contributed by atoms with van der Waals surface area (Å²) < 4.78 is 26.1. The Hall–Kier alpha value is -0.950. The number of carbonyl (C=O) groups is 1. The van der Waals surface area contributed by atoms with Gasteiger partial charge in [0.1, 0.15) is 4.90 Å². The largest absolute Gasteiger partial charge is 0.274 e. The zero-order chi connectivity index (χ0) is 13.1. The fourth-order valence-corrected chi connectivity index (χ4v) is 2.66. The van der Waals surface area contributed by atoms with E-state index in [-0.39, 0.29) is 17.2 Å². The Balaban J connectivity index is 2.86. The molecule has 0 saturated heterocycles. The third kappa shape index (κ3) is 4.43. The molecule has 7 heteroatoms. The van der Waals surface area contributed by atoms with E-state index in [1.54, 1.807) is 0 Å². The van der Waals surface area contributed by atoms with Crippen LogP contribution in [-0.2, 0) is 14.8 Å². The molecule has 1 heterocycles. The summed E-state index contributed by atoms with van der Waals surface area (Å²) in [5, 5.41) is 0. The minimum atomic E-state index is -3.82. The number of nitrogens with zero attached hydrogens (tertiary/aromatic N) is 1. The highest BCUT2D eigenvalue weighted by molar-refractivity contribution is 9.10. The summed E-state index contributed by atoms with van der Waals surface area (Å²) in [4.78, 5) is 15.1. The molecule has 5 nitrogen and oxygen atoms in total. The Morgan fingerprint density at radius 3 is 2.65 bits per heavy atom. The molecule has 0 fully saturated rings. The van der Waals surface area contributed by atoms with Gasteiger partial charge in [0.25, 0.3) is 10.0 Å². The Labute approximate surface area is 109 Å². The Morgan fingerprint density at radius 2 is 2.12 bits per heavy atom. The van der Waals surface area contributed by atoms with E-state index in [9.17, 15) is 13.2 Å². The Morgan fingerprint density at radius 1 is 1.47 bits per heavy atom. The second-order valence-corrected chi connectivity index (χ2v) is 6.56. The molecule has 17 heavy (non-hydrogen) atoms.